The molecule has 1 atom stereocenters. The highest BCUT2D eigenvalue weighted by molar-refractivity contribution is 6.00. The largest absolute Gasteiger partial charge is 0.384 e. The second kappa shape index (κ2) is 6.32. The van der Waals surface area contributed by atoms with Crippen molar-refractivity contribution < 1.29 is 4.79 Å². The first-order chi connectivity index (χ1) is 13.2. The van der Waals surface area contributed by atoms with Gasteiger partial charge in [0.25, 0.3) is 5.91 Å². The summed E-state index contributed by atoms with van der Waals surface area (Å²) < 4.78 is 0. The van der Waals surface area contributed by atoms with Crippen molar-refractivity contribution >= 4 is 11.6 Å². The van der Waals surface area contributed by atoms with Gasteiger partial charge < -0.3 is 10.2 Å². The number of benzene rings is 1. The van der Waals surface area contributed by atoms with Crippen LogP contribution in [-0.2, 0) is 18.3 Å². The van der Waals surface area contributed by atoms with Crippen molar-refractivity contribution in [2.45, 2.75) is 50.9 Å². The van der Waals surface area contributed by atoms with Crippen molar-refractivity contribution in [1.29, 1.82) is 0 Å². The highest BCUT2D eigenvalue weighted by Crippen LogP contribution is 2.44. The Balaban J connectivity index is 1.46. The third-order valence-corrected chi connectivity index (χ3v) is 6.53. The molecule has 1 saturated heterocycles. The number of rotatable bonds is 1. The van der Waals surface area contributed by atoms with Gasteiger partial charge in [-0.05, 0) is 62.6 Å². The number of carbonyl (C=O) groups is 1. The number of hydrogen-bond donors (Lipinski definition) is 1. The molecule has 1 aromatic carbocycles. The smallest absolute Gasteiger partial charge is 0.255 e. The van der Waals surface area contributed by atoms with Crippen molar-refractivity contribution in [2.75, 3.05) is 25.0 Å². The molecule has 2 aromatic rings. The number of para-hydroxylation sites is 1. The van der Waals surface area contributed by atoms with Crippen molar-refractivity contribution in [1.82, 2.24) is 14.9 Å². The fraction of sp³-hybridized carbons (Fsp3) is 0.500. The van der Waals surface area contributed by atoms with Crippen LogP contribution in [0.15, 0.2) is 24.4 Å². The SMILES string of the molecule is Cc1ncc2c(n1)C1(CCCN(C(=O)c3cccc4c3NCCC4)C1)CC2. The van der Waals surface area contributed by atoms with Gasteiger partial charge in [0, 0.05) is 31.2 Å². The number of nitrogens with one attached hydrogen (secondary N) is 1. The molecule has 0 radical (unpaired) electrons. The van der Waals surface area contributed by atoms with Crippen LogP contribution >= 0.6 is 0 Å². The summed E-state index contributed by atoms with van der Waals surface area (Å²) in [7, 11) is 0. The molecule has 5 nitrogen and oxygen atoms in total. The quantitative estimate of drug-likeness (QED) is 0.846. The number of hydrogen-bond acceptors (Lipinski definition) is 4. The van der Waals surface area contributed by atoms with Crippen LogP contribution < -0.4 is 5.32 Å². The molecule has 0 saturated carbocycles. The molecule has 1 fully saturated rings. The van der Waals surface area contributed by atoms with E-state index in [0.29, 0.717) is 0 Å². The molecule has 1 aliphatic carbocycles. The van der Waals surface area contributed by atoms with Crippen molar-refractivity contribution in [2.24, 2.45) is 0 Å². The van der Waals surface area contributed by atoms with E-state index in [0.717, 1.165) is 75.2 Å². The lowest BCUT2D eigenvalue weighted by Gasteiger charge is -2.41. The predicted molar refractivity (Wildman–Crippen MR) is 105 cm³/mol. The Morgan fingerprint density at radius 2 is 2.11 bits per heavy atom. The third-order valence-electron chi connectivity index (χ3n) is 6.53. The van der Waals surface area contributed by atoms with Crippen LogP contribution in [0.3, 0.4) is 0 Å². The minimum absolute atomic E-state index is 0.0131. The van der Waals surface area contributed by atoms with Gasteiger partial charge in [0.1, 0.15) is 5.82 Å². The maximum Gasteiger partial charge on any atom is 0.255 e. The standard InChI is InChI=1S/C22H26N4O/c1-15-24-13-17-8-10-22(20(17)25-15)9-4-12-26(14-22)21(27)18-7-2-5-16-6-3-11-23-19(16)18/h2,5,7,13,23H,3-4,6,8-12,14H2,1H3. The van der Waals surface area contributed by atoms with Crippen LogP contribution in [0.2, 0.25) is 0 Å². The van der Waals surface area contributed by atoms with Crippen LogP contribution in [-0.4, -0.2) is 40.4 Å². The fourth-order valence-corrected chi connectivity index (χ4v) is 5.19. The lowest BCUT2D eigenvalue weighted by atomic mass is 9.77. The Morgan fingerprint density at radius 1 is 1.19 bits per heavy atom. The number of aryl methyl sites for hydroxylation is 3. The highest BCUT2D eigenvalue weighted by atomic mass is 16.2. The normalized spacial score (nSPS) is 23.7. The minimum Gasteiger partial charge on any atom is -0.384 e. The zero-order valence-corrected chi connectivity index (χ0v) is 15.9. The molecule has 1 unspecified atom stereocenters. The Morgan fingerprint density at radius 3 is 3.04 bits per heavy atom. The molecule has 3 aliphatic rings. The van der Waals surface area contributed by atoms with Gasteiger partial charge in [0.15, 0.2) is 0 Å². The van der Waals surface area contributed by atoms with Crippen LogP contribution in [0.5, 0.6) is 0 Å². The number of aromatic nitrogens is 2. The first kappa shape index (κ1) is 16.7. The van der Waals surface area contributed by atoms with E-state index >= 15 is 0 Å². The lowest BCUT2D eigenvalue weighted by Crippen LogP contribution is -2.48. The number of piperidine rings is 1. The van der Waals surface area contributed by atoms with Crippen LogP contribution in [0.1, 0.15) is 58.7 Å². The summed E-state index contributed by atoms with van der Waals surface area (Å²) in [5, 5.41) is 3.47. The van der Waals surface area contributed by atoms with Crippen molar-refractivity contribution in [3.8, 4) is 0 Å². The Bertz CT molecular complexity index is 905. The van der Waals surface area contributed by atoms with E-state index in [1.807, 2.05) is 25.3 Å². The van der Waals surface area contributed by atoms with Crippen molar-refractivity contribution in [3.63, 3.8) is 0 Å². The molecule has 2 aliphatic heterocycles. The van der Waals surface area contributed by atoms with Gasteiger partial charge in [-0.1, -0.05) is 12.1 Å². The first-order valence-corrected chi connectivity index (χ1v) is 10.1. The predicted octanol–water partition coefficient (Wildman–Crippen LogP) is 3.26. The first-order valence-electron chi connectivity index (χ1n) is 10.1. The van der Waals surface area contributed by atoms with Gasteiger partial charge in [0.05, 0.1) is 16.9 Å². The van der Waals surface area contributed by atoms with Gasteiger partial charge in [-0.15, -0.1) is 0 Å². The van der Waals surface area contributed by atoms with Gasteiger partial charge in [-0.3, -0.25) is 4.79 Å². The summed E-state index contributed by atoms with van der Waals surface area (Å²) in [6.45, 7) is 4.52. The molecular formula is C22H26N4O. The van der Waals surface area contributed by atoms with E-state index in [1.54, 1.807) is 0 Å². The number of anilines is 1. The molecule has 3 heterocycles. The Kier molecular flexibility index (Phi) is 3.92. The number of carbonyl (C=O) groups excluding carboxylic acids is 1. The minimum atomic E-state index is 0.0131. The number of likely N-dealkylation sites (tertiary alicyclic amines) is 1. The van der Waals surface area contributed by atoms with Gasteiger partial charge in [0.2, 0.25) is 0 Å². The van der Waals surface area contributed by atoms with Gasteiger partial charge >= 0.3 is 0 Å². The van der Waals surface area contributed by atoms with Crippen LogP contribution in [0.25, 0.3) is 0 Å². The maximum atomic E-state index is 13.4. The Hall–Kier alpha value is -2.43. The molecule has 5 rings (SSSR count). The highest BCUT2D eigenvalue weighted by Gasteiger charge is 2.45. The van der Waals surface area contributed by atoms with E-state index < -0.39 is 0 Å². The average Bonchev–Trinajstić information content (AvgIpc) is 3.04. The van der Waals surface area contributed by atoms with Crippen LogP contribution in [0.4, 0.5) is 5.69 Å². The molecule has 27 heavy (non-hydrogen) atoms. The monoisotopic (exact) mass is 362 g/mol. The molecule has 1 spiro atoms. The summed E-state index contributed by atoms with van der Waals surface area (Å²) in [4.78, 5) is 24.7. The van der Waals surface area contributed by atoms with Gasteiger partial charge in [-0.25, -0.2) is 9.97 Å². The second-order valence-corrected chi connectivity index (χ2v) is 8.27. The van der Waals surface area contributed by atoms with Gasteiger partial charge in [-0.2, -0.15) is 0 Å². The molecule has 0 bridgehead atoms. The molecule has 1 N–H and O–H groups in total. The number of amides is 1. The van der Waals surface area contributed by atoms with E-state index in [4.69, 9.17) is 4.98 Å². The number of fused-ring (bicyclic) bond motifs is 3. The average molecular weight is 362 g/mol. The third kappa shape index (κ3) is 2.71. The van der Waals surface area contributed by atoms with Crippen molar-refractivity contribution in [3.05, 3.63) is 52.6 Å². The molecule has 5 heteroatoms. The number of nitrogens with zero attached hydrogens (tertiary/aromatic N) is 3. The van der Waals surface area contributed by atoms with E-state index in [2.05, 4.69) is 21.3 Å². The fourth-order valence-electron chi connectivity index (χ4n) is 5.19. The van der Waals surface area contributed by atoms with E-state index in [1.165, 1.54) is 16.8 Å². The van der Waals surface area contributed by atoms with E-state index in [-0.39, 0.29) is 11.3 Å². The zero-order valence-electron chi connectivity index (χ0n) is 15.9. The Labute approximate surface area is 160 Å². The summed E-state index contributed by atoms with van der Waals surface area (Å²) in [5.41, 5.74) is 5.64. The zero-order chi connectivity index (χ0) is 18.4. The van der Waals surface area contributed by atoms with Crippen LogP contribution in [0, 0.1) is 6.92 Å². The second-order valence-electron chi connectivity index (χ2n) is 8.27. The summed E-state index contributed by atoms with van der Waals surface area (Å²) in [6.07, 6.45) is 8.44. The summed E-state index contributed by atoms with van der Waals surface area (Å²) in [6, 6.07) is 6.15. The summed E-state index contributed by atoms with van der Waals surface area (Å²) >= 11 is 0. The maximum absolute atomic E-state index is 13.4. The molecule has 1 amide bonds. The summed E-state index contributed by atoms with van der Waals surface area (Å²) in [5.74, 6) is 0.999. The molecule has 1 aromatic heterocycles. The molecule has 140 valence electrons. The topological polar surface area (TPSA) is 58.1 Å². The molecular weight excluding hydrogens is 336 g/mol. The lowest BCUT2D eigenvalue weighted by molar-refractivity contribution is 0.0634. The van der Waals surface area contributed by atoms with E-state index in [9.17, 15) is 4.79 Å².